The van der Waals surface area contributed by atoms with Crippen molar-refractivity contribution in [3.05, 3.63) is 52.8 Å². The zero-order valence-electron chi connectivity index (χ0n) is 13.2. The van der Waals surface area contributed by atoms with Crippen LogP contribution in [0.4, 0.5) is 0 Å². The van der Waals surface area contributed by atoms with Gasteiger partial charge in [-0.1, -0.05) is 13.3 Å². The van der Waals surface area contributed by atoms with Crippen LogP contribution in [0.1, 0.15) is 47.4 Å². The highest BCUT2D eigenvalue weighted by Gasteiger charge is 2.13. The Labute approximate surface area is 130 Å². The maximum Gasteiger partial charge on any atom is 0.338 e. The minimum atomic E-state index is -0.317. The lowest BCUT2D eigenvalue weighted by atomic mass is 10.1. The number of nitrogens with zero attached hydrogens (tertiary/aromatic N) is 2. The number of hydrogen-bond acceptors (Lipinski definition) is 3. The van der Waals surface area contributed by atoms with Crippen LogP contribution in [0, 0.1) is 18.3 Å². The molecule has 0 aliphatic heterocycles. The fourth-order valence-electron chi connectivity index (χ4n) is 2.55. The van der Waals surface area contributed by atoms with Gasteiger partial charge in [-0.25, -0.2) is 4.79 Å². The lowest BCUT2D eigenvalue weighted by Crippen LogP contribution is -2.05. The van der Waals surface area contributed by atoms with Gasteiger partial charge in [0.15, 0.2) is 0 Å². The molecule has 22 heavy (non-hydrogen) atoms. The Balaban J connectivity index is 2.37. The van der Waals surface area contributed by atoms with Crippen LogP contribution in [-0.4, -0.2) is 17.1 Å². The van der Waals surface area contributed by atoms with E-state index in [9.17, 15) is 10.1 Å². The topological polar surface area (TPSA) is 55.0 Å². The van der Waals surface area contributed by atoms with E-state index >= 15 is 0 Å². The number of hydrogen-bond donors (Lipinski definition) is 0. The van der Waals surface area contributed by atoms with E-state index in [1.165, 1.54) is 0 Å². The molecule has 4 nitrogen and oxygen atoms in total. The minimum Gasteiger partial charge on any atom is -0.462 e. The standard InChI is InChI=1S/C18H20N2O2/c1-4-6-17-13(3)20(12-15(17)11-19)16-9-7-14(8-10-16)18(21)22-5-2/h7-10,12H,4-6H2,1-3H3. The van der Waals surface area contributed by atoms with E-state index in [-0.39, 0.29) is 5.97 Å². The van der Waals surface area contributed by atoms with Crippen LogP contribution in [0.3, 0.4) is 0 Å². The summed E-state index contributed by atoms with van der Waals surface area (Å²) in [6.45, 7) is 6.27. The highest BCUT2D eigenvalue weighted by Crippen LogP contribution is 2.22. The lowest BCUT2D eigenvalue weighted by Gasteiger charge is -2.08. The number of ether oxygens (including phenoxy) is 1. The molecule has 0 atom stereocenters. The molecule has 4 heteroatoms. The molecule has 0 unspecified atom stereocenters. The quantitative estimate of drug-likeness (QED) is 0.789. The molecular formula is C18H20N2O2. The van der Waals surface area contributed by atoms with Gasteiger partial charge in [-0.15, -0.1) is 0 Å². The SMILES string of the molecule is CCCc1c(C#N)cn(-c2ccc(C(=O)OCC)cc2)c1C. The second-order valence-corrected chi connectivity index (χ2v) is 5.11. The zero-order chi connectivity index (χ0) is 16.1. The average Bonchev–Trinajstić information content (AvgIpc) is 2.85. The molecule has 2 aromatic rings. The van der Waals surface area contributed by atoms with Gasteiger partial charge in [0.2, 0.25) is 0 Å². The van der Waals surface area contributed by atoms with E-state index in [2.05, 4.69) is 13.0 Å². The number of esters is 1. The Morgan fingerprint density at radius 3 is 2.50 bits per heavy atom. The molecule has 0 amide bonds. The maximum absolute atomic E-state index is 11.7. The van der Waals surface area contributed by atoms with Crippen molar-refractivity contribution >= 4 is 5.97 Å². The largest absolute Gasteiger partial charge is 0.462 e. The van der Waals surface area contributed by atoms with E-state index in [0.717, 1.165) is 29.8 Å². The number of benzene rings is 1. The molecule has 1 aromatic carbocycles. The zero-order valence-corrected chi connectivity index (χ0v) is 13.2. The summed E-state index contributed by atoms with van der Waals surface area (Å²) < 4.78 is 6.98. The molecule has 0 spiro atoms. The average molecular weight is 296 g/mol. The van der Waals surface area contributed by atoms with Crippen LogP contribution in [0.25, 0.3) is 5.69 Å². The molecule has 0 aliphatic carbocycles. The molecular weight excluding hydrogens is 276 g/mol. The van der Waals surface area contributed by atoms with Gasteiger partial charge < -0.3 is 9.30 Å². The number of nitriles is 1. The molecule has 1 aromatic heterocycles. The van der Waals surface area contributed by atoms with Gasteiger partial charge in [0.25, 0.3) is 0 Å². The van der Waals surface area contributed by atoms with Gasteiger partial charge in [0, 0.05) is 17.6 Å². The van der Waals surface area contributed by atoms with Crippen LogP contribution in [0.5, 0.6) is 0 Å². The fourth-order valence-corrected chi connectivity index (χ4v) is 2.55. The van der Waals surface area contributed by atoms with E-state index in [4.69, 9.17) is 4.74 Å². The van der Waals surface area contributed by atoms with Gasteiger partial charge in [-0.2, -0.15) is 5.26 Å². The number of carbonyl (C=O) groups is 1. The van der Waals surface area contributed by atoms with Crippen LogP contribution < -0.4 is 0 Å². The Kier molecular flexibility index (Phi) is 5.00. The summed E-state index contributed by atoms with van der Waals surface area (Å²) in [5, 5.41) is 9.28. The molecule has 0 radical (unpaired) electrons. The Morgan fingerprint density at radius 1 is 1.27 bits per heavy atom. The first kappa shape index (κ1) is 15.8. The van der Waals surface area contributed by atoms with Crippen molar-refractivity contribution in [2.24, 2.45) is 0 Å². The predicted octanol–water partition coefficient (Wildman–Crippen LogP) is 3.79. The molecule has 0 saturated heterocycles. The Bertz CT molecular complexity index is 706. The second kappa shape index (κ2) is 6.95. The summed E-state index contributed by atoms with van der Waals surface area (Å²) in [6, 6.07) is 9.50. The van der Waals surface area contributed by atoms with Gasteiger partial charge in [-0.05, 0) is 50.1 Å². The van der Waals surface area contributed by atoms with E-state index in [1.54, 1.807) is 19.1 Å². The van der Waals surface area contributed by atoms with Gasteiger partial charge in [0.05, 0.1) is 17.7 Å². The lowest BCUT2D eigenvalue weighted by molar-refractivity contribution is 0.0526. The summed E-state index contributed by atoms with van der Waals surface area (Å²) in [5.41, 5.74) is 4.35. The van der Waals surface area contributed by atoms with Gasteiger partial charge in [-0.3, -0.25) is 0 Å². The summed E-state index contributed by atoms with van der Waals surface area (Å²) in [6.07, 6.45) is 3.75. The number of carbonyl (C=O) groups excluding carboxylic acids is 1. The second-order valence-electron chi connectivity index (χ2n) is 5.11. The number of aromatic nitrogens is 1. The molecule has 114 valence electrons. The molecule has 0 saturated carbocycles. The first-order valence-electron chi connectivity index (χ1n) is 7.50. The number of rotatable bonds is 5. The normalized spacial score (nSPS) is 10.3. The van der Waals surface area contributed by atoms with Crippen molar-refractivity contribution in [2.45, 2.75) is 33.6 Å². The van der Waals surface area contributed by atoms with Crippen molar-refractivity contribution in [2.75, 3.05) is 6.61 Å². The third-order valence-corrected chi connectivity index (χ3v) is 3.66. The van der Waals surface area contributed by atoms with Crippen molar-refractivity contribution < 1.29 is 9.53 Å². The van der Waals surface area contributed by atoms with E-state index in [0.29, 0.717) is 17.7 Å². The highest BCUT2D eigenvalue weighted by molar-refractivity contribution is 5.89. The molecule has 0 aliphatic rings. The molecule has 1 heterocycles. The Morgan fingerprint density at radius 2 is 1.95 bits per heavy atom. The predicted molar refractivity (Wildman–Crippen MR) is 85.2 cm³/mol. The third-order valence-electron chi connectivity index (χ3n) is 3.66. The van der Waals surface area contributed by atoms with Crippen molar-refractivity contribution in [1.82, 2.24) is 4.57 Å². The maximum atomic E-state index is 11.7. The van der Waals surface area contributed by atoms with E-state index < -0.39 is 0 Å². The molecule has 0 bridgehead atoms. The monoisotopic (exact) mass is 296 g/mol. The summed E-state index contributed by atoms with van der Waals surface area (Å²) in [7, 11) is 0. The summed E-state index contributed by atoms with van der Waals surface area (Å²) >= 11 is 0. The third kappa shape index (κ3) is 3.04. The summed E-state index contributed by atoms with van der Waals surface area (Å²) in [5.74, 6) is -0.317. The van der Waals surface area contributed by atoms with Crippen LogP contribution in [0.15, 0.2) is 30.5 Å². The minimum absolute atomic E-state index is 0.317. The molecule has 2 rings (SSSR count). The van der Waals surface area contributed by atoms with Crippen molar-refractivity contribution in [1.29, 1.82) is 5.26 Å². The Hall–Kier alpha value is -2.54. The van der Waals surface area contributed by atoms with Crippen LogP contribution in [0.2, 0.25) is 0 Å². The van der Waals surface area contributed by atoms with Crippen molar-refractivity contribution in [3.8, 4) is 11.8 Å². The fraction of sp³-hybridized carbons (Fsp3) is 0.333. The van der Waals surface area contributed by atoms with E-state index in [1.807, 2.05) is 29.8 Å². The summed E-state index contributed by atoms with van der Waals surface area (Å²) in [4.78, 5) is 11.7. The van der Waals surface area contributed by atoms with Gasteiger partial charge in [0.1, 0.15) is 6.07 Å². The smallest absolute Gasteiger partial charge is 0.338 e. The van der Waals surface area contributed by atoms with Gasteiger partial charge >= 0.3 is 5.97 Å². The van der Waals surface area contributed by atoms with Crippen molar-refractivity contribution in [3.63, 3.8) is 0 Å². The first-order valence-corrected chi connectivity index (χ1v) is 7.50. The highest BCUT2D eigenvalue weighted by atomic mass is 16.5. The molecule has 0 fully saturated rings. The first-order chi connectivity index (χ1) is 10.6. The molecule has 0 N–H and O–H groups in total. The van der Waals surface area contributed by atoms with Crippen LogP contribution in [-0.2, 0) is 11.2 Å². The van der Waals surface area contributed by atoms with Crippen LogP contribution >= 0.6 is 0 Å².